The first kappa shape index (κ1) is 13.9. The van der Waals surface area contributed by atoms with E-state index in [0.29, 0.717) is 0 Å². The van der Waals surface area contributed by atoms with E-state index in [4.69, 9.17) is 11.6 Å². The van der Waals surface area contributed by atoms with Crippen LogP contribution in [0.2, 0.25) is 5.02 Å². The van der Waals surface area contributed by atoms with Gasteiger partial charge in [0.05, 0.1) is 18.2 Å². The molecule has 0 spiro atoms. The Bertz CT molecular complexity index is 409. The second-order valence-corrected chi connectivity index (χ2v) is 4.62. The predicted molar refractivity (Wildman–Crippen MR) is 65.5 cm³/mol. The Hall–Kier alpha value is -1.13. The number of halogens is 2. The summed E-state index contributed by atoms with van der Waals surface area (Å²) in [5.41, 5.74) is 0.0651. The quantitative estimate of drug-likeness (QED) is 0.874. The van der Waals surface area contributed by atoms with Crippen LogP contribution in [-0.2, 0) is 4.79 Å². The lowest BCUT2D eigenvalue weighted by molar-refractivity contribution is -0.118. The molecule has 0 aliphatic rings. The molecule has 0 aliphatic heterocycles. The monoisotopic (exact) mass is 259 g/mol. The zero-order chi connectivity index (χ0) is 13.0. The Morgan fingerprint density at radius 1 is 1.53 bits per heavy atom. The van der Waals surface area contributed by atoms with Gasteiger partial charge < -0.3 is 10.4 Å². The molecule has 0 bridgehead atoms. The number of benzene rings is 1. The van der Waals surface area contributed by atoms with Crippen molar-refractivity contribution in [2.75, 3.05) is 5.32 Å². The fourth-order valence-electron chi connectivity index (χ4n) is 1.22. The van der Waals surface area contributed by atoms with E-state index in [1.807, 2.05) is 0 Å². The molecule has 0 aliphatic carbocycles. The number of amides is 1. The molecular weight excluding hydrogens is 245 g/mol. The van der Waals surface area contributed by atoms with Crippen molar-refractivity contribution in [1.29, 1.82) is 0 Å². The van der Waals surface area contributed by atoms with Gasteiger partial charge in [-0.3, -0.25) is 4.79 Å². The molecule has 0 fully saturated rings. The van der Waals surface area contributed by atoms with Crippen LogP contribution in [0.1, 0.15) is 20.3 Å². The van der Waals surface area contributed by atoms with Crippen molar-refractivity contribution in [2.45, 2.75) is 26.4 Å². The van der Waals surface area contributed by atoms with E-state index in [2.05, 4.69) is 5.32 Å². The molecule has 1 unspecified atom stereocenters. The lowest BCUT2D eigenvalue weighted by atomic mass is 10.0. The zero-order valence-corrected chi connectivity index (χ0v) is 10.5. The number of carbonyl (C=O) groups excluding carboxylic acids is 1. The lowest BCUT2D eigenvalue weighted by Gasteiger charge is -2.14. The Balaban J connectivity index is 2.62. The van der Waals surface area contributed by atoms with Gasteiger partial charge in [0, 0.05) is 5.02 Å². The molecular formula is C12H15ClFNO2. The first-order valence-corrected chi connectivity index (χ1v) is 5.71. The molecule has 1 atom stereocenters. The molecule has 0 aromatic heterocycles. The molecule has 2 N–H and O–H groups in total. The lowest BCUT2D eigenvalue weighted by Crippen LogP contribution is -2.24. The summed E-state index contributed by atoms with van der Waals surface area (Å²) < 4.78 is 13.3. The Kier molecular flexibility index (Phi) is 4.90. The largest absolute Gasteiger partial charge is 0.392 e. The summed E-state index contributed by atoms with van der Waals surface area (Å²) in [5, 5.41) is 12.2. The molecule has 1 aromatic rings. The normalized spacial score (nSPS) is 12.6. The van der Waals surface area contributed by atoms with Crippen LogP contribution in [0, 0.1) is 11.7 Å². The van der Waals surface area contributed by atoms with E-state index >= 15 is 0 Å². The Labute approximate surface area is 105 Å². The van der Waals surface area contributed by atoms with E-state index in [9.17, 15) is 14.3 Å². The molecule has 0 saturated heterocycles. The maximum atomic E-state index is 13.3. The summed E-state index contributed by atoms with van der Waals surface area (Å²) in [6.45, 7) is 3.61. The Morgan fingerprint density at radius 3 is 2.71 bits per heavy atom. The van der Waals surface area contributed by atoms with Crippen LogP contribution < -0.4 is 5.32 Å². The van der Waals surface area contributed by atoms with Gasteiger partial charge in [-0.25, -0.2) is 4.39 Å². The first-order valence-electron chi connectivity index (χ1n) is 5.33. The number of anilines is 1. The van der Waals surface area contributed by atoms with Crippen molar-refractivity contribution in [2.24, 2.45) is 5.92 Å². The summed E-state index contributed by atoms with van der Waals surface area (Å²) in [4.78, 5) is 11.5. The fraction of sp³-hybridized carbons (Fsp3) is 0.417. The van der Waals surface area contributed by atoms with E-state index in [1.54, 1.807) is 13.8 Å². The van der Waals surface area contributed by atoms with Gasteiger partial charge >= 0.3 is 0 Å². The van der Waals surface area contributed by atoms with Crippen LogP contribution in [0.25, 0.3) is 0 Å². The van der Waals surface area contributed by atoms with Gasteiger partial charge in [0.25, 0.3) is 0 Å². The first-order chi connectivity index (χ1) is 7.90. The van der Waals surface area contributed by atoms with E-state index in [1.165, 1.54) is 12.1 Å². The molecule has 1 amide bonds. The third kappa shape index (κ3) is 4.32. The molecule has 1 aromatic carbocycles. The minimum absolute atomic E-state index is 0.0178. The van der Waals surface area contributed by atoms with Crippen molar-refractivity contribution in [3.8, 4) is 0 Å². The third-order valence-electron chi connectivity index (χ3n) is 2.37. The van der Waals surface area contributed by atoms with Gasteiger partial charge in [-0.05, 0) is 24.1 Å². The van der Waals surface area contributed by atoms with Crippen LogP contribution in [0.4, 0.5) is 10.1 Å². The summed E-state index contributed by atoms with van der Waals surface area (Å²) in [6.07, 6.45) is -0.787. The SMILES string of the molecule is CC(C)C(O)CC(=O)Nc1ccc(Cl)cc1F. The molecule has 17 heavy (non-hydrogen) atoms. The third-order valence-corrected chi connectivity index (χ3v) is 2.60. The van der Waals surface area contributed by atoms with Crippen molar-refractivity contribution in [3.63, 3.8) is 0 Å². The average molecular weight is 260 g/mol. The molecule has 3 nitrogen and oxygen atoms in total. The van der Waals surface area contributed by atoms with Crippen LogP contribution in [0.3, 0.4) is 0 Å². The zero-order valence-electron chi connectivity index (χ0n) is 9.71. The number of hydrogen-bond acceptors (Lipinski definition) is 2. The number of carbonyl (C=O) groups is 1. The number of rotatable bonds is 4. The van der Waals surface area contributed by atoms with Crippen LogP contribution in [-0.4, -0.2) is 17.1 Å². The highest BCUT2D eigenvalue weighted by Gasteiger charge is 2.15. The summed E-state index contributed by atoms with van der Waals surface area (Å²) >= 11 is 5.59. The number of hydrogen-bond donors (Lipinski definition) is 2. The molecule has 0 heterocycles. The molecule has 0 radical (unpaired) electrons. The summed E-state index contributed by atoms with van der Waals surface area (Å²) in [5.74, 6) is -1.03. The van der Waals surface area contributed by atoms with Gasteiger partial charge in [-0.1, -0.05) is 25.4 Å². The topological polar surface area (TPSA) is 49.3 Å². The van der Waals surface area contributed by atoms with Crippen molar-refractivity contribution < 1.29 is 14.3 Å². The van der Waals surface area contributed by atoms with Crippen LogP contribution in [0.5, 0.6) is 0 Å². The number of aliphatic hydroxyl groups excluding tert-OH is 1. The van der Waals surface area contributed by atoms with Crippen molar-refractivity contribution in [3.05, 3.63) is 29.0 Å². The maximum absolute atomic E-state index is 13.3. The Morgan fingerprint density at radius 2 is 2.18 bits per heavy atom. The van der Waals surface area contributed by atoms with Gasteiger partial charge in [-0.2, -0.15) is 0 Å². The van der Waals surface area contributed by atoms with Gasteiger partial charge in [-0.15, -0.1) is 0 Å². The number of aliphatic hydroxyl groups is 1. The predicted octanol–water partition coefficient (Wildman–Crippen LogP) is 2.82. The average Bonchev–Trinajstić information content (AvgIpc) is 2.22. The van der Waals surface area contributed by atoms with E-state index < -0.39 is 17.8 Å². The highest BCUT2D eigenvalue weighted by molar-refractivity contribution is 6.30. The second kappa shape index (κ2) is 5.98. The van der Waals surface area contributed by atoms with Gasteiger partial charge in [0.2, 0.25) is 5.91 Å². The van der Waals surface area contributed by atoms with E-state index in [0.717, 1.165) is 6.07 Å². The number of nitrogens with one attached hydrogen (secondary N) is 1. The maximum Gasteiger partial charge on any atom is 0.227 e. The van der Waals surface area contributed by atoms with Crippen molar-refractivity contribution >= 4 is 23.2 Å². The minimum Gasteiger partial charge on any atom is -0.392 e. The van der Waals surface area contributed by atoms with Crippen molar-refractivity contribution in [1.82, 2.24) is 0 Å². The standard InChI is InChI=1S/C12H15ClFNO2/c1-7(2)11(16)6-12(17)15-10-4-3-8(13)5-9(10)14/h3-5,7,11,16H,6H2,1-2H3,(H,15,17). The smallest absolute Gasteiger partial charge is 0.227 e. The minimum atomic E-state index is -0.731. The van der Waals surface area contributed by atoms with Gasteiger partial charge in [0.15, 0.2) is 0 Å². The molecule has 5 heteroatoms. The van der Waals surface area contributed by atoms with E-state index in [-0.39, 0.29) is 23.0 Å². The highest BCUT2D eigenvalue weighted by Crippen LogP contribution is 2.19. The molecule has 0 saturated carbocycles. The fourth-order valence-corrected chi connectivity index (χ4v) is 1.38. The highest BCUT2D eigenvalue weighted by atomic mass is 35.5. The second-order valence-electron chi connectivity index (χ2n) is 4.19. The summed E-state index contributed by atoms with van der Waals surface area (Å²) in [6, 6.07) is 3.99. The van der Waals surface area contributed by atoms with Crippen LogP contribution in [0.15, 0.2) is 18.2 Å². The van der Waals surface area contributed by atoms with Gasteiger partial charge in [0.1, 0.15) is 5.82 Å². The summed E-state index contributed by atoms with van der Waals surface area (Å²) in [7, 11) is 0. The molecule has 94 valence electrons. The van der Waals surface area contributed by atoms with Crippen LogP contribution >= 0.6 is 11.6 Å². The molecule has 1 rings (SSSR count).